The van der Waals surface area contributed by atoms with Crippen molar-refractivity contribution >= 4 is 0 Å². The summed E-state index contributed by atoms with van der Waals surface area (Å²) in [5.74, 6) is 0. The predicted molar refractivity (Wildman–Crippen MR) is 75.9 cm³/mol. The molecule has 0 saturated heterocycles. The molecule has 0 heterocycles. The molecule has 0 radical (unpaired) electrons. The Bertz CT molecular complexity index is 195. The van der Waals surface area contributed by atoms with E-state index in [1.807, 2.05) is 0 Å². The van der Waals surface area contributed by atoms with Crippen LogP contribution in [-0.4, -0.2) is 56.3 Å². The molecule has 0 aromatic carbocycles. The van der Waals surface area contributed by atoms with Crippen LogP contribution in [0.4, 0.5) is 0 Å². The summed E-state index contributed by atoms with van der Waals surface area (Å²) in [6, 6.07) is 0.701. The second-order valence-corrected chi connectivity index (χ2v) is 5.04. The van der Waals surface area contributed by atoms with Gasteiger partial charge in [-0.05, 0) is 12.8 Å². The van der Waals surface area contributed by atoms with Crippen LogP contribution in [0.3, 0.4) is 0 Å². The molecule has 0 spiro atoms. The SMILES string of the molecule is NCCN(CCN)CCNNC1CCCCC1N. The van der Waals surface area contributed by atoms with Gasteiger partial charge in [0.25, 0.3) is 0 Å². The second-order valence-electron chi connectivity index (χ2n) is 5.04. The second kappa shape index (κ2) is 9.66. The Kier molecular flexibility index (Phi) is 8.49. The lowest BCUT2D eigenvalue weighted by Crippen LogP contribution is -2.53. The third kappa shape index (κ3) is 6.08. The van der Waals surface area contributed by atoms with E-state index >= 15 is 0 Å². The summed E-state index contributed by atoms with van der Waals surface area (Å²) < 4.78 is 0. The smallest absolute Gasteiger partial charge is 0.0364 e. The standard InChI is InChI=1S/C12H30N6/c13-5-8-18(9-6-14)10-7-16-17-12-4-2-1-3-11(12)15/h11-12,16-17H,1-10,13-15H2. The molecule has 1 saturated carbocycles. The first-order valence-corrected chi connectivity index (χ1v) is 7.14. The van der Waals surface area contributed by atoms with Gasteiger partial charge >= 0.3 is 0 Å². The van der Waals surface area contributed by atoms with E-state index < -0.39 is 0 Å². The molecule has 2 atom stereocenters. The summed E-state index contributed by atoms with van der Waals surface area (Å²) in [5, 5.41) is 0. The number of nitrogens with two attached hydrogens (primary N) is 3. The van der Waals surface area contributed by atoms with E-state index in [0.717, 1.165) is 32.6 Å². The zero-order valence-corrected chi connectivity index (χ0v) is 11.4. The van der Waals surface area contributed by atoms with Gasteiger partial charge in [0.1, 0.15) is 0 Å². The maximum absolute atomic E-state index is 6.07. The van der Waals surface area contributed by atoms with Crippen molar-refractivity contribution in [2.45, 2.75) is 37.8 Å². The fourth-order valence-corrected chi connectivity index (χ4v) is 2.46. The fourth-order valence-electron chi connectivity index (χ4n) is 2.46. The van der Waals surface area contributed by atoms with Gasteiger partial charge < -0.3 is 17.2 Å². The zero-order valence-electron chi connectivity index (χ0n) is 11.4. The predicted octanol–water partition coefficient (Wildman–Crippen LogP) is -1.43. The Hall–Kier alpha value is -0.240. The lowest BCUT2D eigenvalue weighted by atomic mass is 9.92. The van der Waals surface area contributed by atoms with E-state index in [1.54, 1.807) is 0 Å². The molecule has 8 N–H and O–H groups in total. The molecular weight excluding hydrogens is 228 g/mol. The van der Waals surface area contributed by atoms with Gasteiger partial charge in [0.05, 0.1) is 0 Å². The first kappa shape index (κ1) is 15.8. The Morgan fingerprint density at radius 3 is 2.28 bits per heavy atom. The minimum absolute atomic E-state index is 0.287. The molecule has 1 fully saturated rings. The molecule has 0 aromatic heterocycles. The third-order valence-electron chi connectivity index (χ3n) is 3.55. The molecule has 0 bridgehead atoms. The largest absolute Gasteiger partial charge is 0.329 e. The van der Waals surface area contributed by atoms with Gasteiger partial charge in [-0.3, -0.25) is 15.8 Å². The van der Waals surface area contributed by atoms with Crippen molar-refractivity contribution in [2.75, 3.05) is 39.3 Å². The first-order chi connectivity index (χ1) is 8.77. The van der Waals surface area contributed by atoms with Gasteiger partial charge in [-0.1, -0.05) is 12.8 Å². The van der Waals surface area contributed by atoms with E-state index in [-0.39, 0.29) is 6.04 Å². The molecule has 1 aliphatic carbocycles. The third-order valence-corrected chi connectivity index (χ3v) is 3.55. The van der Waals surface area contributed by atoms with Crippen molar-refractivity contribution < 1.29 is 0 Å². The van der Waals surface area contributed by atoms with E-state index in [2.05, 4.69) is 15.8 Å². The van der Waals surface area contributed by atoms with Gasteiger partial charge in [-0.25, -0.2) is 0 Å². The number of hydrogen-bond acceptors (Lipinski definition) is 6. The van der Waals surface area contributed by atoms with E-state index in [0.29, 0.717) is 19.1 Å². The maximum atomic E-state index is 6.07. The highest BCUT2D eigenvalue weighted by Gasteiger charge is 2.20. The average Bonchev–Trinajstić information content (AvgIpc) is 2.37. The monoisotopic (exact) mass is 258 g/mol. The van der Waals surface area contributed by atoms with Crippen LogP contribution in [0.2, 0.25) is 0 Å². The molecule has 1 rings (SSSR count). The van der Waals surface area contributed by atoms with Crippen LogP contribution >= 0.6 is 0 Å². The number of nitrogens with one attached hydrogen (secondary N) is 2. The maximum Gasteiger partial charge on any atom is 0.0364 e. The molecule has 18 heavy (non-hydrogen) atoms. The van der Waals surface area contributed by atoms with E-state index in [1.165, 1.54) is 19.3 Å². The highest BCUT2D eigenvalue weighted by atomic mass is 15.4. The summed E-state index contributed by atoms with van der Waals surface area (Å²) in [7, 11) is 0. The van der Waals surface area contributed by atoms with Crippen LogP contribution < -0.4 is 28.1 Å². The van der Waals surface area contributed by atoms with Gasteiger partial charge in [-0.15, -0.1) is 0 Å². The molecule has 6 nitrogen and oxygen atoms in total. The quantitative estimate of drug-likeness (QED) is 0.256. The summed E-state index contributed by atoms with van der Waals surface area (Å²) in [4.78, 5) is 2.27. The van der Waals surface area contributed by atoms with Crippen LogP contribution in [0.15, 0.2) is 0 Å². The van der Waals surface area contributed by atoms with E-state index in [9.17, 15) is 0 Å². The molecule has 108 valence electrons. The summed E-state index contributed by atoms with van der Waals surface area (Å²) in [5.41, 5.74) is 23.8. The van der Waals surface area contributed by atoms with Gasteiger partial charge in [-0.2, -0.15) is 0 Å². The normalized spacial score (nSPS) is 24.7. The minimum atomic E-state index is 0.287. The summed E-state index contributed by atoms with van der Waals surface area (Å²) >= 11 is 0. The van der Waals surface area contributed by atoms with Crippen molar-refractivity contribution in [3.63, 3.8) is 0 Å². The number of nitrogens with zero attached hydrogens (tertiary/aromatic N) is 1. The van der Waals surface area contributed by atoms with Crippen molar-refractivity contribution in [3.05, 3.63) is 0 Å². The van der Waals surface area contributed by atoms with Crippen molar-refractivity contribution in [2.24, 2.45) is 17.2 Å². The van der Waals surface area contributed by atoms with E-state index in [4.69, 9.17) is 17.2 Å². The van der Waals surface area contributed by atoms with Crippen LogP contribution in [0.1, 0.15) is 25.7 Å². The van der Waals surface area contributed by atoms with Crippen molar-refractivity contribution in [1.29, 1.82) is 0 Å². The average molecular weight is 258 g/mol. The number of rotatable bonds is 9. The Morgan fingerprint density at radius 1 is 1.00 bits per heavy atom. The van der Waals surface area contributed by atoms with Crippen LogP contribution in [-0.2, 0) is 0 Å². The lowest BCUT2D eigenvalue weighted by molar-refractivity contribution is 0.258. The fraction of sp³-hybridized carbons (Fsp3) is 1.00. The van der Waals surface area contributed by atoms with Crippen molar-refractivity contribution in [1.82, 2.24) is 15.8 Å². The van der Waals surface area contributed by atoms with Gasteiger partial charge in [0.2, 0.25) is 0 Å². The Balaban J connectivity index is 2.08. The highest BCUT2D eigenvalue weighted by Crippen LogP contribution is 2.15. The molecule has 6 heteroatoms. The summed E-state index contributed by atoms with van der Waals surface area (Å²) in [6.07, 6.45) is 4.84. The van der Waals surface area contributed by atoms with Crippen LogP contribution in [0.5, 0.6) is 0 Å². The van der Waals surface area contributed by atoms with Gasteiger partial charge in [0, 0.05) is 51.4 Å². The Labute approximate surface area is 111 Å². The molecule has 2 unspecified atom stereocenters. The molecule has 0 amide bonds. The van der Waals surface area contributed by atoms with Crippen LogP contribution in [0, 0.1) is 0 Å². The zero-order chi connectivity index (χ0) is 13.2. The Morgan fingerprint density at radius 2 is 1.67 bits per heavy atom. The molecule has 0 aliphatic heterocycles. The highest BCUT2D eigenvalue weighted by molar-refractivity contribution is 4.82. The number of hydrazine groups is 1. The lowest BCUT2D eigenvalue weighted by Gasteiger charge is -2.30. The van der Waals surface area contributed by atoms with Crippen molar-refractivity contribution in [3.8, 4) is 0 Å². The molecule has 1 aliphatic rings. The first-order valence-electron chi connectivity index (χ1n) is 7.14. The summed E-state index contributed by atoms with van der Waals surface area (Å²) in [6.45, 7) is 5.03. The molecule has 0 aromatic rings. The minimum Gasteiger partial charge on any atom is -0.329 e. The van der Waals surface area contributed by atoms with Crippen LogP contribution in [0.25, 0.3) is 0 Å². The topological polar surface area (TPSA) is 105 Å². The molecular formula is C12H30N6. The van der Waals surface area contributed by atoms with Gasteiger partial charge in [0.15, 0.2) is 0 Å². The number of hydrogen-bond donors (Lipinski definition) is 5.